The van der Waals surface area contributed by atoms with Crippen LogP contribution in [0.15, 0.2) is 23.2 Å². The van der Waals surface area contributed by atoms with E-state index in [-0.39, 0.29) is 0 Å². The largest absolute Gasteiger partial charge is 0.448 e. The van der Waals surface area contributed by atoms with Crippen molar-refractivity contribution in [3.63, 3.8) is 0 Å². The molecule has 3 aliphatic rings. The van der Waals surface area contributed by atoms with E-state index in [0.29, 0.717) is 28.6 Å². The zero-order valence-electron chi connectivity index (χ0n) is 13.1. The summed E-state index contributed by atoms with van der Waals surface area (Å²) in [6, 6.07) is 8.38. The molecular formula is C18H18N2O2. The fraction of sp³-hybridized carbons (Fsp3) is 0.333. The number of aliphatic hydroxyl groups is 1. The summed E-state index contributed by atoms with van der Waals surface area (Å²) in [5.41, 5.74) is 5.48. The smallest absolute Gasteiger partial charge is 0.228 e. The summed E-state index contributed by atoms with van der Waals surface area (Å²) >= 11 is 0. The van der Waals surface area contributed by atoms with E-state index in [9.17, 15) is 10.4 Å². The quantitative estimate of drug-likeness (QED) is 0.858. The summed E-state index contributed by atoms with van der Waals surface area (Å²) < 4.78 is 5.35. The molecule has 2 aliphatic carbocycles. The summed E-state index contributed by atoms with van der Waals surface area (Å²) in [5.74, 6) is 0.718. The molecule has 0 bridgehead atoms. The number of aliphatic imine (C=N–C) groups is 1. The molecule has 0 spiro atoms. The van der Waals surface area contributed by atoms with Crippen LogP contribution < -0.4 is 0 Å². The van der Waals surface area contributed by atoms with Crippen LogP contribution in [0.2, 0.25) is 0 Å². The first kappa shape index (κ1) is 14.6. The topological polar surface area (TPSA) is 65.6 Å². The maximum Gasteiger partial charge on any atom is 0.228 e. The minimum absolute atomic E-state index is 0.345. The Morgan fingerprint density at radius 1 is 1.32 bits per heavy atom. The lowest BCUT2D eigenvalue weighted by Crippen LogP contribution is -2.12. The molecule has 0 aromatic carbocycles. The van der Waals surface area contributed by atoms with Crippen molar-refractivity contribution in [1.82, 2.24) is 0 Å². The number of ether oxygens (including phenoxy) is 1. The molecule has 0 saturated carbocycles. The molecule has 112 valence electrons. The van der Waals surface area contributed by atoms with Gasteiger partial charge in [-0.15, -0.1) is 0 Å². The summed E-state index contributed by atoms with van der Waals surface area (Å²) in [6.45, 7) is 7.89. The number of hydrogen-bond acceptors (Lipinski definition) is 4. The number of nitrogens with zero attached hydrogens (tertiary/aromatic N) is 2. The zero-order chi connectivity index (χ0) is 16.0. The molecule has 0 fully saturated rings. The third kappa shape index (κ3) is 2.06. The predicted molar refractivity (Wildman–Crippen MR) is 85.4 cm³/mol. The minimum atomic E-state index is -1.08. The first-order valence-corrected chi connectivity index (χ1v) is 7.34. The van der Waals surface area contributed by atoms with E-state index in [4.69, 9.17) is 4.74 Å². The fourth-order valence-electron chi connectivity index (χ4n) is 2.97. The number of rotatable bonds is 1. The number of aryl methyl sites for hydroxylation is 1. The van der Waals surface area contributed by atoms with Crippen LogP contribution in [0.5, 0.6) is 0 Å². The van der Waals surface area contributed by atoms with Crippen LogP contribution in [-0.2, 0) is 4.74 Å². The first-order chi connectivity index (χ1) is 10.4. The van der Waals surface area contributed by atoms with Crippen molar-refractivity contribution in [2.24, 2.45) is 4.99 Å². The van der Waals surface area contributed by atoms with E-state index in [1.165, 1.54) is 0 Å². The maximum atomic E-state index is 10.3. The van der Waals surface area contributed by atoms with Gasteiger partial charge in [-0.1, -0.05) is 32.0 Å². The van der Waals surface area contributed by atoms with Gasteiger partial charge in [0.15, 0.2) is 5.90 Å². The molecule has 1 unspecified atom stereocenters. The lowest BCUT2D eigenvalue weighted by molar-refractivity contribution is -0.0320. The molecule has 4 heteroatoms. The average molecular weight is 294 g/mol. The van der Waals surface area contributed by atoms with Gasteiger partial charge >= 0.3 is 0 Å². The molecule has 22 heavy (non-hydrogen) atoms. The van der Waals surface area contributed by atoms with Crippen molar-refractivity contribution in [3.05, 3.63) is 40.5 Å². The van der Waals surface area contributed by atoms with Crippen LogP contribution >= 0.6 is 0 Å². The van der Waals surface area contributed by atoms with Crippen molar-refractivity contribution in [2.75, 3.05) is 0 Å². The highest BCUT2D eigenvalue weighted by atomic mass is 16.6. The van der Waals surface area contributed by atoms with E-state index in [1.54, 1.807) is 6.92 Å². The Kier molecular flexibility index (Phi) is 3.38. The van der Waals surface area contributed by atoms with Crippen molar-refractivity contribution in [1.29, 1.82) is 5.26 Å². The van der Waals surface area contributed by atoms with E-state index >= 15 is 0 Å². The second kappa shape index (κ2) is 5.11. The molecule has 1 heterocycles. The van der Waals surface area contributed by atoms with Gasteiger partial charge in [0.1, 0.15) is 6.07 Å². The molecule has 1 N–H and O–H groups in total. The SMILES string of the molecule is CC1=Nc2c(C#N)c3c(C)ccc(C(C)C)cc-3c2C(O)O1. The molecule has 0 aromatic heterocycles. The molecule has 0 saturated heterocycles. The van der Waals surface area contributed by atoms with E-state index in [2.05, 4.69) is 31.0 Å². The second-order valence-electron chi connectivity index (χ2n) is 5.95. The molecule has 3 rings (SSSR count). The van der Waals surface area contributed by atoms with Crippen molar-refractivity contribution in [3.8, 4) is 17.2 Å². The van der Waals surface area contributed by atoms with Gasteiger partial charge in [0, 0.05) is 12.5 Å². The molecule has 0 radical (unpaired) electrons. The van der Waals surface area contributed by atoms with Crippen molar-refractivity contribution >= 4 is 11.6 Å². The minimum Gasteiger partial charge on any atom is -0.448 e. The molecular weight excluding hydrogens is 276 g/mol. The highest BCUT2D eigenvalue weighted by molar-refractivity contribution is 5.94. The highest BCUT2D eigenvalue weighted by Gasteiger charge is 2.32. The van der Waals surface area contributed by atoms with Crippen LogP contribution in [0.3, 0.4) is 0 Å². The Bertz CT molecular complexity index is 800. The van der Waals surface area contributed by atoms with Gasteiger partial charge in [-0.05, 0) is 29.5 Å². The Morgan fingerprint density at radius 2 is 2.05 bits per heavy atom. The lowest BCUT2D eigenvalue weighted by atomic mass is 10.0. The molecule has 0 amide bonds. The third-order valence-electron chi connectivity index (χ3n) is 4.11. The number of hydrogen-bond donors (Lipinski definition) is 1. The number of nitriles is 1. The number of aliphatic hydroxyl groups excluding tert-OH is 1. The standard InChI is InChI=1S/C18H18N2O2/c1-9(2)12-6-5-10(3)15-13(7-12)16-17(14(15)8-19)20-11(4)22-18(16)21/h5-7,9,18,21H,1-4H3. The Morgan fingerprint density at radius 3 is 2.68 bits per heavy atom. The number of fused-ring (bicyclic) bond motifs is 3. The van der Waals surface area contributed by atoms with E-state index in [1.807, 2.05) is 19.1 Å². The van der Waals surface area contributed by atoms with Crippen LogP contribution in [0.25, 0.3) is 11.1 Å². The van der Waals surface area contributed by atoms with Gasteiger partial charge < -0.3 is 9.84 Å². The predicted octanol–water partition coefficient (Wildman–Crippen LogP) is 4.17. The summed E-state index contributed by atoms with van der Waals surface area (Å²) in [4.78, 5) is 4.35. The third-order valence-corrected chi connectivity index (χ3v) is 4.11. The normalized spacial score (nSPS) is 17.0. The van der Waals surface area contributed by atoms with Gasteiger partial charge in [0.05, 0.1) is 16.8 Å². The van der Waals surface area contributed by atoms with Crippen LogP contribution in [-0.4, -0.2) is 11.0 Å². The highest BCUT2D eigenvalue weighted by Crippen LogP contribution is 2.48. The Labute approximate surface area is 130 Å². The Balaban J connectivity index is 2.46. The van der Waals surface area contributed by atoms with E-state index in [0.717, 1.165) is 22.3 Å². The first-order valence-electron chi connectivity index (χ1n) is 7.34. The summed E-state index contributed by atoms with van der Waals surface area (Å²) in [7, 11) is 0. The summed E-state index contributed by atoms with van der Waals surface area (Å²) in [6.07, 6.45) is -1.08. The lowest BCUT2D eigenvalue weighted by Gasteiger charge is -2.19. The maximum absolute atomic E-state index is 10.3. The van der Waals surface area contributed by atoms with Gasteiger partial charge in [0.2, 0.25) is 6.29 Å². The monoisotopic (exact) mass is 294 g/mol. The van der Waals surface area contributed by atoms with Gasteiger partial charge in [-0.3, -0.25) is 0 Å². The molecule has 4 nitrogen and oxygen atoms in total. The van der Waals surface area contributed by atoms with E-state index < -0.39 is 6.29 Å². The fourth-order valence-corrected chi connectivity index (χ4v) is 2.97. The van der Waals surface area contributed by atoms with Crippen molar-refractivity contribution < 1.29 is 9.84 Å². The van der Waals surface area contributed by atoms with Crippen LogP contribution in [0, 0.1) is 18.3 Å². The average Bonchev–Trinajstić information content (AvgIpc) is 2.65. The summed E-state index contributed by atoms with van der Waals surface area (Å²) in [5, 5.41) is 19.9. The van der Waals surface area contributed by atoms with Crippen molar-refractivity contribution in [2.45, 2.75) is 39.9 Å². The van der Waals surface area contributed by atoms with Crippen LogP contribution in [0.1, 0.15) is 55.2 Å². The van der Waals surface area contributed by atoms with Gasteiger partial charge in [0.25, 0.3) is 0 Å². The molecule has 1 atom stereocenters. The van der Waals surface area contributed by atoms with Crippen LogP contribution in [0.4, 0.5) is 5.69 Å². The molecule has 1 aliphatic heterocycles. The zero-order valence-corrected chi connectivity index (χ0v) is 13.1. The van der Waals surface area contributed by atoms with Gasteiger partial charge in [-0.25, -0.2) is 4.99 Å². The van der Waals surface area contributed by atoms with Gasteiger partial charge in [-0.2, -0.15) is 5.26 Å². The molecule has 0 aromatic rings. The Hall–Kier alpha value is -2.38. The second-order valence-corrected chi connectivity index (χ2v) is 5.95.